The van der Waals surface area contributed by atoms with Gasteiger partial charge in [0.2, 0.25) is 0 Å². The molecule has 19 heavy (non-hydrogen) atoms. The van der Waals surface area contributed by atoms with E-state index in [-0.39, 0.29) is 24.5 Å². The van der Waals surface area contributed by atoms with Crippen LogP contribution in [0.15, 0.2) is 18.2 Å². The lowest BCUT2D eigenvalue weighted by Crippen LogP contribution is -2.14. The van der Waals surface area contributed by atoms with Gasteiger partial charge in [0.1, 0.15) is 0 Å². The number of aliphatic hydroxyl groups excluding tert-OH is 1. The highest BCUT2D eigenvalue weighted by Crippen LogP contribution is 2.37. The standard InChI is InChI=1S/C12H12F6O/c1-7(19)2-3-8-4-5-9(11(13,14)15)6-10(8)12(16,17)18/h4-7,19H,2-3H2,1H3. The first-order valence-electron chi connectivity index (χ1n) is 5.47. The Morgan fingerprint density at radius 3 is 2.05 bits per heavy atom. The van der Waals surface area contributed by atoms with Crippen molar-refractivity contribution < 1.29 is 31.4 Å². The summed E-state index contributed by atoms with van der Waals surface area (Å²) in [5.41, 5.74) is -2.88. The van der Waals surface area contributed by atoms with E-state index in [9.17, 15) is 26.3 Å². The average Bonchev–Trinajstić information content (AvgIpc) is 2.23. The first-order valence-corrected chi connectivity index (χ1v) is 5.47. The first kappa shape index (κ1) is 15.8. The molecule has 0 radical (unpaired) electrons. The van der Waals surface area contributed by atoms with E-state index in [4.69, 9.17) is 5.11 Å². The molecule has 0 amide bonds. The van der Waals surface area contributed by atoms with Crippen molar-refractivity contribution in [2.45, 2.75) is 38.2 Å². The van der Waals surface area contributed by atoms with E-state index < -0.39 is 29.6 Å². The number of rotatable bonds is 3. The van der Waals surface area contributed by atoms with Crippen molar-refractivity contribution in [1.29, 1.82) is 0 Å². The fraction of sp³-hybridized carbons (Fsp3) is 0.500. The fourth-order valence-corrected chi connectivity index (χ4v) is 1.60. The van der Waals surface area contributed by atoms with Gasteiger partial charge in [-0.15, -0.1) is 0 Å². The number of halogens is 6. The molecule has 108 valence electrons. The van der Waals surface area contributed by atoms with Crippen molar-refractivity contribution in [3.63, 3.8) is 0 Å². The Morgan fingerprint density at radius 1 is 1.05 bits per heavy atom. The van der Waals surface area contributed by atoms with Gasteiger partial charge < -0.3 is 5.11 Å². The van der Waals surface area contributed by atoms with Gasteiger partial charge in [0.25, 0.3) is 0 Å². The Labute approximate surface area is 105 Å². The van der Waals surface area contributed by atoms with Crippen LogP contribution >= 0.6 is 0 Å². The van der Waals surface area contributed by atoms with Crippen LogP contribution in [-0.4, -0.2) is 11.2 Å². The second kappa shape index (κ2) is 5.40. The summed E-state index contributed by atoms with van der Waals surface area (Å²) in [4.78, 5) is 0. The molecule has 0 aliphatic carbocycles. The third-order valence-corrected chi connectivity index (χ3v) is 2.57. The number of benzene rings is 1. The normalized spacial score (nSPS) is 14.5. The number of hydrogen-bond acceptors (Lipinski definition) is 1. The molecule has 1 N–H and O–H groups in total. The summed E-state index contributed by atoms with van der Waals surface area (Å²) < 4.78 is 75.3. The van der Waals surface area contributed by atoms with Crippen LogP contribution in [0.1, 0.15) is 30.0 Å². The van der Waals surface area contributed by atoms with E-state index in [1.807, 2.05) is 0 Å². The maximum Gasteiger partial charge on any atom is 0.416 e. The first-order chi connectivity index (χ1) is 8.51. The van der Waals surface area contributed by atoms with Gasteiger partial charge >= 0.3 is 12.4 Å². The van der Waals surface area contributed by atoms with Crippen molar-refractivity contribution in [2.24, 2.45) is 0 Å². The molecule has 0 aliphatic heterocycles. The number of aryl methyl sites for hydroxylation is 1. The molecule has 1 aromatic rings. The molecule has 1 aromatic carbocycles. The van der Waals surface area contributed by atoms with Crippen LogP contribution in [0.25, 0.3) is 0 Å². The summed E-state index contributed by atoms with van der Waals surface area (Å²) >= 11 is 0. The third-order valence-electron chi connectivity index (χ3n) is 2.57. The molecule has 0 aliphatic rings. The molecule has 0 fully saturated rings. The van der Waals surface area contributed by atoms with Gasteiger partial charge in [-0.05, 0) is 37.5 Å². The SMILES string of the molecule is CC(O)CCc1ccc(C(F)(F)F)cc1C(F)(F)F. The Bertz CT molecular complexity index is 433. The number of aliphatic hydroxyl groups is 1. The zero-order valence-corrected chi connectivity index (χ0v) is 9.94. The maximum absolute atomic E-state index is 12.7. The van der Waals surface area contributed by atoms with Crippen molar-refractivity contribution in [2.75, 3.05) is 0 Å². The minimum atomic E-state index is -4.85. The molecule has 0 spiro atoms. The van der Waals surface area contributed by atoms with Gasteiger partial charge in [0, 0.05) is 0 Å². The second-order valence-electron chi connectivity index (χ2n) is 4.26. The summed E-state index contributed by atoms with van der Waals surface area (Å²) in [6.07, 6.45) is -10.6. The van der Waals surface area contributed by atoms with Crippen LogP contribution in [-0.2, 0) is 18.8 Å². The predicted octanol–water partition coefficient (Wildman–Crippen LogP) is 4.04. The molecule has 0 bridgehead atoms. The minimum Gasteiger partial charge on any atom is -0.393 e. The maximum atomic E-state index is 12.7. The fourth-order valence-electron chi connectivity index (χ4n) is 1.60. The summed E-state index contributed by atoms with van der Waals surface area (Å²) in [7, 11) is 0. The summed E-state index contributed by atoms with van der Waals surface area (Å²) in [6.45, 7) is 1.40. The van der Waals surface area contributed by atoms with Crippen LogP contribution < -0.4 is 0 Å². The molecule has 1 nitrogen and oxygen atoms in total. The van der Waals surface area contributed by atoms with Gasteiger partial charge in [0.15, 0.2) is 0 Å². The predicted molar refractivity (Wildman–Crippen MR) is 56.4 cm³/mol. The number of alkyl halides is 6. The highest BCUT2D eigenvalue weighted by molar-refractivity contribution is 5.35. The molecule has 0 saturated carbocycles. The van der Waals surface area contributed by atoms with E-state index in [0.29, 0.717) is 6.07 Å². The van der Waals surface area contributed by atoms with Crippen molar-refractivity contribution >= 4 is 0 Å². The van der Waals surface area contributed by atoms with E-state index in [1.165, 1.54) is 6.92 Å². The molecule has 0 heterocycles. The molecule has 0 aromatic heterocycles. The lowest BCUT2D eigenvalue weighted by Gasteiger charge is -2.16. The Kier molecular flexibility index (Phi) is 4.50. The highest BCUT2D eigenvalue weighted by atomic mass is 19.4. The highest BCUT2D eigenvalue weighted by Gasteiger charge is 2.37. The number of hydrogen-bond donors (Lipinski definition) is 1. The molecule has 1 unspecified atom stereocenters. The van der Waals surface area contributed by atoms with Crippen molar-refractivity contribution in [1.82, 2.24) is 0 Å². The van der Waals surface area contributed by atoms with E-state index in [2.05, 4.69) is 0 Å². The lowest BCUT2D eigenvalue weighted by molar-refractivity contribution is -0.143. The van der Waals surface area contributed by atoms with E-state index >= 15 is 0 Å². The monoisotopic (exact) mass is 286 g/mol. The molecular formula is C12H12F6O. The average molecular weight is 286 g/mol. The van der Waals surface area contributed by atoms with Gasteiger partial charge in [0.05, 0.1) is 17.2 Å². The zero-order chi connectivity index (χ0) is 14.8. The topological polar surface area (TPSA) is 20.2 Å². The largest absolute Gasteiger partial charge is 0.416 e. The molecule has 1 atom stereocenters. The van der Waals surface area contributed by atoms with Crippen LogP contribution in [0.4, 0.5) is 26.3 Å². The minimum absolute atomic E-state index is 0.0500. The second-order valence-corrected chi connectivity index (χ2v) is 4.26. The zero-order valence-electron chi connectivity index (χ0n) is 9.94. The molecule has 7 heteroatoms. The van der Waals surface area contributed by atoms with Gasteiger partial charge in [-0.1, -0.05) is 6.07 Å². The van der Waals surface area contributed by atoms with Crippen LogP contribution in [0.3, 0.4) is 0 Å². The molecule has 1 rings (SSSR count). The van der Waals surface area contributed by atoms with Gasteiger partial charge in [-0.25, -0.2) is 0 Å². The van der Waals surface area contributed by atoms with E-state index in [1.54, 1.807) is 0 Å². The van der Waals surface area contributed by atoms with Crippen molar-refractivity contribution in [3.8, 4) is 0 Å². The molecular weight excluding hydrogens is 274 g/mol. The van der Waals surface area contributed by atoms with E-state index in [0.717, 1.165) is 6.07 Å². The van der Waals surface area contributed by atoms with Gasteiger partial charge in [-0.3, -0.25) is 0 Å². The quantitative estimate of drug-likeness (QED) is 0.831. The van der Waals surface area contributed by atoms with Crippen LogP contribution in [0, 0.1) is 0 Å². The molecule has 0 saturated heterocycles. The Balaban J connectivity index is 3.18. The summed E-state index contributed by atoms with van der Waals surface area (Å²) in [6, 6.07) is 1.54. The van der Waals surface area contributed by atoms with Crippen LogP contribution in [0.5, 0.6) is 0 Å². The Hall–Kier alpha value is -1.24. The summed E-state index contributed by atoms with van der Waals surface area (Å²) in [5.74, 6) is 0. The lowest BCUT2D eigenvalue weighted by atomic mass is 9.98. The van der Waals surface area contributed by atoms with Crippen molar-refractivity contribution in [3.05, 3.63) is 34.9 Å². The van der Waals surface area contributed by atoms with Gasteiger partial charge in [-0.2, -0.15) is 26.3 Å². The Morgan fingerprint density at radius 2 is 1.63 bits per heavy atom. The smallest absolute Gasteiger partial charge is 0.393 e. The third kappa shape index (κ3) is 4.41. The summed E-state index contributed by atoms with van der Waals surface area (Å²) in [5, 5.41) is 9.03. The van der Waals surface area contributed by atoms with Crippen LogP contribution in [0.2, 0.25) is 0 Å².